The van der Waals surface area contributed by atoms with Gasteiger partial charge in [-0.1, -0.05) is 19.4 Å². The van der Waals surface area contributed by atoms with Crippen molar-refractivity contribution >= 4 is 5.91 Å². The van der Waals surface area contributed by atoms with Crippen molar-refractivity contribution in [3.05, 3.63) is 11.8 Å². The molecule has 0 saturated carbocycles. The fraction of sp³-hybridized carbons (Fsp3) is 0.812. The maximum atomic E-state index is 11.1. The fourth-order valence-electron chi connectivity index (χ4n) is 2.83. The third-order valence-corrected chi connectivity index (χ3v) is 4.23. The first-order valence-corrected chi connectivity index (χ1v) is 7.93. The first-order chi connectivity index (χ1) is 9.54. The third-order valence-electron chi connectivity index (χ3n) is 4.23. The van der Waals surface area contributed by atoms with Gasteiger partial charge in [0.2, 0.25) is 5.91 Å². The van der Waals surface area contributed by atoms with Crippen LogP contribution in [0.4, 0.5) is 0 Å². The summed E-state index contributed by atoms with van der Waals surface area (Å²) >= 11 is 0. The molecule has 1 aliphatic rings. The molecule has 0 heterocycles. The van der Waals surface area contributed by atoms with E-state index in [9.17, 15) is 4.79 Å². The standard InChI is InChI=1S/C16H31N3O/c1-4-6-15(19(2)3)7-5-12-18-14-10-8-13(9-11-14)16(17)20/h10,13,15,18H,4-9,11-12H2,1-3H3,(H2,17,20)/t13-,15?/m0/s1. The topological polar surface area (TPSA) is 58.4 Å². The Kier molecular flexibility index (Phi) is 7.67. The number of carbonyl (C=O) groups is 1. The van der Waals surface area contributed by atoms with Gasteiger partial charge in [-0.05, 0) is 52.6 Å². The highest BCUT2D eigenvalue weighted by atomic mass is 16.1. The van der Waals surface area contributed by atoms with Crippen LogP contribution in [0, 0.1) is 5.92 Å². The quantitative estimate of drug-likeness (QED) is 0.637. The maximum absolute atomic E-state index is 11.1. The van der Waals surface area contributed by atoms with E-state index in [1.807, 2.05) is 0 Å². The van der Waals surface area contributed by atoms with Crippen LogP contribution in [0.3, 0.4) is 0 Å². The molecule has 4 heteroatoms. The summed E-state index contributed by atoms with van der Waals surface area (Å²) in [5.41, 5.74) is 6.62. The van der Waals surface area contributed by atoms with Crippen molar-refractivity contribution in [3.8, 4) is 0 Å². The Morgan fingerprint density at radius 2 is 2.25 bits per heavy atom. The van der Waals surface area contributed by atoms with Gasteiger partial charge in [-0.2, -0.15) is 0 Å². The van der Waals surface area contributed by atoms with Gasteiger partial charge < -0.3 is 16.0 Å². The highest BCUT2D eigenvalue weighted by molar-refractivity contribution is 5.77. The van der Waals surface area contributed by atoms with Gasteiger partial charge in [-0.25, -0.2) is 0 Å². The van der Waals surface area contributed by atoms with E-state index in [1.165, 1.54) is 31.4 Å². The highest BCUT2D eigenvalue weighted by Crippen LogP contribution is 2.21. The van der Waals surface area contributed by atoms with Crippen LogP contribution in [0.1, 0.15) is 51.9 Å². The van der Waals surface area contributed by atoms with Crippen LogP contribution in [0.25, 0.3) is 0 Å². The summed E-state index contributed by atoms with van der Waals surface area (Å²) in [6, 6.07) is 0.696. The van der Waals surface area contributed by atoms with Gasteiger partial charge in [-0.3, -0.25) is 4.79 Å². The molecule has 0 aromatic heterocycles. The predicted octanol–water partition coefficient (Wildman–Crippen LogP) is 2.26. The van der Waals surface area contributed by atoms with Crippen LogP contribution < -0.4 is 11.1 Å². The molecule has 116 valence electrons. The minimum Gasteiger partial charge on any atom is -0.389 e. The number of allylic oxidation sites excluding steroid dienone is 2. The van der Waals surface area contributed by atoms with Crippen molar-refractivity contribution in [2.75, 3.05) is 20.6 Å². The molecule has 20 heavy (non-hydrogen) atoms. The molecule has 4 nitrogen and oxygen atoms in total. The molecule has 0 spiro atoms. The monoisotopic (exact) mass is 281 g/mol. The molecule has 0 saturated heterocycles. The molecule has 0 aromatic rings. The van der Waals surface area contributed by atoms with Crippen LogP contribution in [-0.2, 0) is 4.79 Å². The van der Waals surface area contributed by atoms with Crippen LogP contribution in [-0.4, -0.2) is 37.5 Å². The zero-order chi connectivity index (χ0) is 15.0. The fourth-order valence-corrected chi connectivity index (χ4v) is 2.83. The number of nitrogens with two attached hydrogens (primary N) is 1. The van der Waals surface area contributed by atoms with Gasteiger partial charge in [-0.15, -0.1) is 0 Å². The summed E-state index contributed by atoms with van der Waals surface area (Å²) in [4.78, 5) is 13.4. The number of primary amides is 1. The van der Waals surface area contributed by atoms with E-state index in [-0.39, 0.29) is 11.8 Å². The lowest BCUT2D eigenvalue weighted by molar-refractivity contribution is -0.122. The van der Waals surface area contributed by atoms with Gasteiger partial charge in [0.25, 0.3) is 0 Å². The summed E-state index contributed by atoms with van der Waals surface area (Å²) in [5.74, 6) is -0.114. The van der Waals surface area contributed by atoms with E-state index in [4.69, 9.17) is 5.73 Å². The number of nitrogens with zero attached hydrogens (tertiary/aromatic N) is 1. The van der Waals surface area contributed by atoms with Gasteiger partial charge in [0.05, 0.1) is 0 Å². The summed E-state index contributed by atoms with van der Waals surface area (Å²) in [7, 11) is 4.34. The number of rotatable bonds is 9. The lowest BCUT2D eigenvalue weighted by Gasteiger charge is -2.24. The Balaban J connectivity index is 2.20. The van der Waals surface area contributed by atoms with E-state index >= 15 is 0 Å². The Labute approximate surface area is 123 Å². The number of amides is 1. The van der Waals surface area contributed by atoms with Crippen LogP contribution in [0.15, 0.2) is 11.8 Å². The summed E-state index contributed by atoms with van der Waals surface area (Å²) in [6.45, 7) is 3.28. The average Bonchev–Trinajstić information content (AvgIpc) is 2.42. The molecule has 0 aromatic carbocycles. The third kappa shape index (κ3) is 5.95. The van der Waals surface area contributed by atoms with Gasteiger partial charge >= 0.3 is 0 Å². The smallest absolute Gasteiger partial charge is 0.220 e. The molecule has 1 aliphatic carbocycles. The number of carbonyl (C=O) groups excluding carboxylic acids is 1. The maximum Gasteiger partial charge on any atom is 0.220 e. The second kappa shape index (κ2) is 9.01. The van der Waals surface area contributed by atoms with Crippen molar-refractivity contribution in [1.29, 1.82) is 0 Å². The highest BCUT2D eigenvalue weighted by Gasteiger charge is 2.18. The Hall–Kier alpha value is -1.03. The Morgan fingerprint density at radius 3 is 2.75 bits per heavy atom. The van der Waals surface area contributed by atoms with Crippen molar-refractivity contribution in [3.63, 3.8) is 0 Å². The number of nitrogens with one attached hydrogen (secondary N) is 1. The molecule has 0 fully saturated rings. The van der Waals surface area contributed by atoms with Crippen molar-refractivity contribution in [2.24, 2.45) is 11.7 Å². The summed E-state index contributed by atoms with van der Waals surface area (Å²) in [5, 5.41) is 3.51. The van der Waals surface area contributed by atoms with Crippen LogP contribution >= 0.6 is 0 Å². The minimum atomic E-state index is -0.159. The van der Waals surface area contributed by atoms with E-state index in [1.54, 1.807) is 0 Å². The molecule has 0 radical (unpaired) electrons. The average molecular weight is 281 g/mol. The molecule has 2 atom stereocenters. The van der Waals surface area contributed by atoms with E-state index in [0.717, 1.165) is 25.8 Å². The molecule has 1 unspecified atom stereocenters. The minimum absolute atomic E-state index is 0.0447. The largest absolute Gasteiger partial charge is 0.389 e. The Morgan fingerprint density at radius 1 is 1.50 bits per heavy atom. The first-order valence-electron chi connectivity index (χ1n) is 7.93. The molecular formula is C16H31N3O. The molecule has 1 amide bonds. The molecule has 1 rings (SSSR count). The SMILES string of the molecule is CCCC(CCCNC1=CC[C@H](C(N)=O)CC1)N(C)C. The molecular weight excluding hydrogens is 250 g/mol. The normalized spacial score (nSPS) is 20.6. The second-order valence-corrected chi connectivity index (χ2v) is 6.08. The zero-order valence-electron chi connectivity index (χ0n) is 13.3. The van der Waals surface area contributed by atoms with Crippen LogP contribution in [0.5, 0.6) is 0 Å². The molecule has 0 bridgehead atoms. The zero-order valence-corrected chi connectivity index (χ0v) is 13.3. The van der Waals surface area contributed by atoms with Crippen molar-refractivity contribution in [2.45, 2.75) is 57.9 Å². The van der Waals surface area contributed by atoms with Gasteiger partial charge in [0, 0.05) is 24.2 Å². The van der Waals surface area contributed by atoms with E-state index < -0.39 is 0 Å². The van der Waals surface area contributed by atoms with Gasteiger partial charge in [0.15, 0.2) is 0 Å². The van der Waals surface area contributed by atoms with E-state index in [0.29, 0.717) is 6.04 Å². The first kappa shape index (κ1) is 17.0. The van der Waals surface area contributed by atoms with Crippen molar-refractivity contribution in [1.82, 2.24) is 10.2 Å². The predicted molar refractivity (Wildman–Crippen MR) is 84.2 cm³/mol. The van der Waals surface area contributed by atoms with Crippen LogP contribution in [0.2, 0.25) is 0 Å². The number of hydrogen-bond donors (Lipinski definition) is 2. The van der Waals surface area contributed by atoms with Gasteiger partial charge in [0.1, 0.15) is 0 Å². The lowest BCUT2D eigenvalue weighted by atomic mass is 9.92. The summed E-state index contributed by atoms with van der Waals surface area (Å²) in [6.07, 6.45) is 9.75. The second-order valence-electron chi connectivity index (χ2n) is 6.08. The lowest BCUT2D eigenvalue weighted by Crippen LogP contribution is -2.29. The van der Waals surface area contributed by atoms with E-state index in [2.05, 4.69) is 37.3 Å². The van der Waals surface area contributed by atoms with Crippen molar-refractivity contribution < 1.29 is 4.79 Å². The molecule has 0 aliphatic heterocycles. The molecule has 3 N–H and O–H groups in total. The Bertz CT molecular complexity index is 326. The summed E-state index contributed by atoms with van der Waals surface area (Å²) < 4.78 is 0. The number of hydrogen-bond acceptors (Lipinski definition) is 3.